The quantitative estimate of drug-likeness (QED) is 0.170. The average Bonchev–Trinajstić information content (AvgIpc) is 3.25. The Kier molecular flexibility index (Phi) is 8.13. The summed E-state index contributed by atoms with van der Waals surface area (Å²) in [4.78, 5) is 0. The molecule has 48 heavy (non-hydrogen) atoms. The maximum Gasteiger partial charge on any atom is 0.178 e. The normalized spacial score (nSPS) is 20.8. The number of benzene rings is 5. The zero-order valence-electron chi connectivity index (χ0n) is 28.6. The van der Waals surface area contributed by atoms with Crippen LogP contribution in [-0.4, -0.2) is 20.3 Å². The first-order chi connectivity index (χ1) is 23.6. The van der Waals surface area contributed by atoms with Crippen molar-refractivity contribution in [2.45, 2.75) is 69.8 Å². The van der Waals surface area contributed by atoms with E-state index in [9.17, 15) is 0 Å². The van der Waals surface area contributed by atoms with Crippen molar-refractivity contribution in [1.82, 2.24) is 0 Å². The smallest absolute Gasteiger partial charge is 0.178 e. The van der Waals surface area contributed by atoms with E-state index in [2.05, 4.69) is 123 Å². The van der Waals surface area contributed by atoms with Crippen LogP contribution in [0.3, 0.4) is 0 Å². The van der Waals surface area contributed by atoms with Crippen LogP contribution in [0.2, 0.25) is 0 Å². The van der Waals surface area contributed by atoms with Gasteiger partial charge in [0.25, 0.3) is 0 Å². The second-order valence-electron chi connectivity index (χ2n) is 13.9. The summed E-state index contributed by atoms with van der Waals surface area (Å²) < 4.78 is 19.1. The predicted molar refractivity (Wildman–Crippen MR) is 197 cm³/mol. The molecule has 5 aromatic rings. The van der Waals surface area contributed by atoms with Crippen LogP contribution < -0.4 is 9.47 Å². The van der Waals surface area contributed by atoms with Gasteiger partial charge in [0, 0.05) is 40.7 Å². The van der Waals surface area contributed by atoms with Gasteiger partial charge in [0.2, 0.25) is 0 Å². The van der Waals surface area contributed by atoms with E-state index in [0.29, 0.717) is 0 Å². The molecule has 1 aliphatic carbocycles. The van der Waals surface area contributed by atoms with Gasteiger partial charge in [-0.05, 0) is 108 Å². The van der Waals surface area contributed by atoms with Gasteiger partial charge >= 0.3 is 0 Å². The van der Waals surface area contributed by atoms with E-state index >= 15 is 0 Å². The molecule has 1 fully saturated rings. The number of hydrogen-bond donors (Lipinski definition) is 0. The Hall–Kier alpha value is -4.34. The molecule has 0 bridgehead atoms. The van der Waals surface area contributed by atoms with Gasteiger partial charge in [0.05, 0.1) is 7.11 Å². The SMILES string of the molecule is CCC1(CC)c2ccccc2-c2c1c1c(c3cc(OC)ccc23)OC(c2ccccc2)(c2ccc(CCC3CCCOCC3)cc2)C=C1. The summed E-state index contributed by atoms with van der Waals surface area (Å²) >= 11 is 0. The van der Waals surface area contributed by atoms with Crippen LogP contribution in [0.4, 0.5) is 0 Å². The Morgan fingerprint density at radius 2 is 1.56 bits per heavy atom. The van der Waals surface area contributed by atoms with E-state index in [-0.39, 0.29) is 5.41 Å². The zero-order chi connectivity index (χ0) is 32.7. The largest absolute Gasteiger partial charge is 0.497 e. The minimum atomic E-state index is -0.776. The molecule has 3 heteroatoms. The van der Waals surface area contributed by atoms with Crippen LogP contribution in [0.1, 0.15) is 85.8 Å². The summed E-state index contributed by atoms with van der Waals surface area (Å²) in [6.07, 6.45) is 12.7. The number of ether oxygens (including phenoxy) is 3. The van der Waals surface area contributed by atoms with E-state index in [1.807, 2.05) is 0 Å². The molecule has 3 aliphatic rings. The third kappa shape index (κ3) is 4.89. The highest BCUT2D eigenvalue weighted by Gasteiger charge is 2.46. The van der Waals surface area contributed by atoms with Gasteiger partial charge in [-0.3, -0.25) is 0 Å². The van der Waals surface area contributed by atoms with Gasteiger partial charge in [0.1, 0.15) is 11.5 Å². The lowest BCUT2D eigenvalue weighted by atomic mass is 9.71. The van der Waals surface area contributed by atoms with E-state index in [1.54, 1.807) is 7.11 Å². The first-order valence-corrected chi connectivity index (χ1v) is 18.0. The molecule has 0 aromatic heterocycles. The summed E-state index contributed by atoms with van der Waals surface area (Å²) in [6, 6.07) is 35.5. The first kappa shape index (κ1) is 31.0. The second kappa shape index (κ2) is 12.6. The molecule has 0 N–H and O–H groups in total. The highest BCUT2D eigenvalue weighted by atomic mass is 16.5. The standard InChI is InChI=1S/C45H46O3/c1-4-44(5-2)40-16-10-9-15-37(40)41-36-24-23-35(46-3)30-39(36)43-38(42(41)44)25-27-45(48-43,33-13-7-6-8-14-33)34-21-19-32(20-22-34)18-17-31-12-11-28-47-29-26-31/h6-10,13-16,19-25,27,30-31H,4-5,11-12,17-18,26,28-29H2,1-3H3. The Balaban J connectivity index is 1.29. The number of rotatable bonds is 8. The molecule has 1 saturated heterocycles. The highest BCUT2D eigenvalue weighted by Crippen LogP contribution is 2.60. The summed E-state index contributed by atoms with van der Waals surface area (Å²) in [5.74, 6) is 2.52. The van der Waals surface area contributed by atoms with Crippen LogP contribution in [0, 0.1) is 5.92 Å². The molecule has 2 heterocycles. The number of fused-ring (bicyclic) bond motifs is 8. The molecule has 2 unspecified atom stereocenters. The lowest BCUT2D eigenvalue weighted by Gasteiger charge is -2.39. The fraction of sp³-hybridized carbons (Fsp3) is 0.333. The van der Waals surface area contributed by atoms with Crippen LogP contribution >= 0.6 is 0 Å². The molecule has 0 spiro atoms. The third-order valence-corrected chi connectivity index (χ3v) is 11.6. The maximum absolute atomic E-state index is 7.56. The highest BCUT2D eigenvalue weighted by molar-refractivity contribution is 6.09. The van der Waals surface area contributed by atoms with Gasteiger partial charge in [-0.15, -0.1) is 0 Å². The van der Waals surface area contributed by atoms with Crippen molar-refractivity contribution in [1.29, 1.82) is 0 Å². The fourth-order valence-corrected chi connectivity index (χ4v) is 8.97. The molecule has 0 radical (unpaired) electrons. The Morgan fingerprint density at radius 3 is 2.35 bits per heavy atom. The van der Waals surface area contributed by atoms with Crippen molar-refractivity contribution in [3.05, 3.63) is 137 Å². The fourth-order valence-electron chi connectivity index (χ4n) is 8.97. The molecule has 2 aliphatic heterocycles. The first-order valence-electron chi connectivity index (χ1n) is 18.0. The maximum atomic E-state index is 7.56. The minimum absolute atomic E-state index is 0.0876. The van der Waals surface area contributed by atoms with Crippen molar-refractivity contribution in [2.75, 3.05) is 20.3 Å². The second-order valence-corrected chi connectivity index (χ2v) is 13.9. The van der Waals surface area contributed by atoms with Gasteiger partial charge in [0.15, 0.2) is 5.60 Å². The number of aryl methyl sites for hydroxylation is 1. The van der Waals surface area contributed by atoms with E-state index in [4.69, 9.17) is 14.2 Å². The summed E-state index contributed by atoms with van der Waals surface area (Å²) in [5.41, 5.74) is 9.49. The molecular formula is C45H46O3. The van der Waals surface area contributed by atoms with Crippen molar-refractivity contribution in [3.63, 3.8) is 0 Å². The topological polar surface area (TPSA) is 27.7 Å². The Labute approximate surface area is 285 Å². The summed E-state index contributed by atoms with van der Waals surface area (Å²) in [7, 11) is 1.75. The van der Waals surface area contributed by atoms with Crippen molar-refractivity contribution in [2.24, 2.45) is 5.92 Å². The molecular weight excluding hydrogens is 588 g/mol. The summed E-state index contributed by atoms with van der Waals surface area (Å²) in [6.45, 7) is 6.50. The zero-order valence-corrected chi connectivity index (χ0v) is 28.6. The minimum Gasteiger partial charge on any atom is -0.497 e. The van der Waals surface area contributed by atoms with Crippen molar-refractivity contribution < 1.29 is 14.2 Å². The van der Waals surface area contributed by atoms with Crippen LogP contribution in [-0.2, 0) is 22.2 Å². The van der Waals surface area contributed by atoms with Gasteiger partial charge in [-0.2, -0.15) is 0 Å². The molecule has 2 atom stereocenters. The molecule has 0 saturated carbocycles. The van der Waals surface area contributed by atoms with Gasteiger partial charge in [-0.25, -0.2) is 0 Å². The number of hydrogen-bond acceptors (Lipinski definition) is 3. The van der Waals surface area contributed by atoms with Crippen LogP contribution in [0.25, 0.3) is 28.0 Å². The van der Waals surface area contributed by atoms with Gasteiger partial charge < -0.3 is 14.2 Å². The van der Waals surface area contributed by atoms with E-state index in [1.165, 1.54) is 64.5 Å². The Morgan fingerprint density at radius 1 is 0.792 bits per heavy atom. The van der Waals surface area contributed by atoms with Crippen LogP contribution in [0.5, 0.6) is 11.5 Å². The third-order valence-electron chi connectivity index (χ3n) is 11.6. The number of methoxy groups -OCH3 is 1. The molecule has 244 valence electrons. The lowest BCUT2D eigenvalue weighted by Crippen LogP contribution is -2.35. The van der Waals surface area contributed by atoms with Crippen molar-refractivity contribution >= 4 is 16.8 Å². The molecule has 0 amide bonds. The molecule has 5 aromatic carbocycles. The average molecular weight is 635 g/mol. The Bertz CT molecular complexity index is 1960. The predicted octanol–water partition coefficient (Wildman–Crippen LogP) is 11.0. The monoisotopic (exact) mass is 634 g/mol. The van der Waals surface area contributed by atoms with E-state index in [0.717, 1.165) is 66.4 Å². The van der Waals surface area contributed by atoms with Gasteiger partial charge in [-0.1, -0.05) is 98.8 Å². The van der Waals surface area contributed by atoms with Crippen LogP contribution in [0.15, 0.2) is 103 Å². The molecule has 8 rings (SSSR count). The van der Waals surface area contributed by atoms with Crippen molar-refractivity contribution in [3.8, 4) is 22.6 Å². The van der Waals surface area contributed by atoms with E-state index < -0.39 is 5.60 Å². The molecule has 3 nitrogen and oxygen atoms in total. The lowest BCUT2D eigenvalue weighted by molar-refractivity contribution is 0.141. The summed E-state index contributed by atoms with van der Waals surface area (Å²) in [5, 5.41) is 2.31.